The predicted molar refractivity (Wildman–Crippen MR) is 111 cm³/mol. The Morgan fingerprint density at radius 1 is 1.15 bits per heavy atom. The third kappa shape index (κ3) is 4.73. The van der Waals surface area contributed by atoms with Gasteiger partial charge in [0.05, 0.1) is 11.2 Å². The molecule has 148 valence electrons. The Morgan fingerprint density at radius 3 is 2.15 bits per heavy atom. The predicted octanol–water partition coefficient (Wildman–Crippen LogP) is 2.68. The molecule has 2 rings (SSSR count). The van der Waals surface area contributed by atoms with Crippen LogP contribution in [-0.4, -0.2) is 40.1 Å². The van der Waals surface area contributed by atoms with E-state index < -0.39 is 11.4 Å². The van der Waals surface area contributed by atoms with E-state index in [2.05, 4.69) is 55.6 Å². The van der Waals surface area contributed by atoms with Crippen molar-refractivity contribution in [1.29, 1.82) is 0 Å². The SMILES string of the molecule is CC(=O)NC1(C(N)=O)C[C@H](CI)C[C@@H](CCB2OC(C)(C)C(C)(C)O2)C1. The maximum absolute atomic E-state index is 12.2. The van der Waals surface area contributed by atoms with Crippen molar-refractivity contribution in [2.45, 2.75) is 83.4 Å². The molecular weight excluding hydrogens is 446 g/mol. The number of amides is 2. The van der Waals surface area contributed by atoms with Crippen molar-refractivity contribution in [2.24, 2.45) is 17.6 Å². The highest BCUT2D eigenvalue weighted by atomic mass is 127. The number of hydrogen-bond donors (Lipinski definition) is 2. The summed E-state index contributed by atoms with van der Waals surface area (Å²) in [6.07, 6.45) is 3.92. The molecule has 3 atom stereocenters. The number of carbonyl (C=O) groups excluding carboxylic acids is 2. The Balaban J connectivity index is 2.04. The summed E-state index contributed by atoms with van der Waals surface area (Å²) in [6.45, 7) is 9.64. The van der Waals surface area contributed by atoms with Crippen molar-refractivity contribution in [3.8, 4) is 0 Å². The smallest absolute Gasteiger partial charge is 0.403 e. The van der Waals surface area contributed by atoms with Gasteiger partial charge in [-0.3, -0.25) is 9.59 Å². The van der Waals surface area contributed by atoms with Crippen molar-refractivity contribution >= 4 is 41.5 Å². The second-order valence-corrected chi connectivity index (χ2v) is 9.80. The van der Waals surface area contributed by atoms with Crippen LogP contribution in [0.1, 0.15) is 60.3 Å². The summed E-state index contributed by atoms with van der Waals surface area (Å²) >= 11 is 2.35. The van der Waals surface area contributed by atoms with Gasteiger partial charge in [0.15, 0.2) is 0 Å². The molecule has 2 amide bonds. The summed E-state index contributed by atoms with van der Waals surface area (Å²) < 4.78 is 13.1. The molecule has 6 nitrogen and oxygen atoms in total. The first-order valence-electron chi connectivity index (χ1n) is 9.41. The van der Waals surface area contributed by atoms with E-state index in [1.165, 1.54) is 6.92 Å². The van der Waals surface area contributed by atoms with E-state index in [9.17, 15) is 9.59 Å². The van der Waals surface area contributed by atoms with E-state index in [0.29, 0.717) is 24.7 Å². The number of alkyl halides is 1. The lowest BCUT2D eigenvalue weighted by atomic mass is 9.67. The highest BCUT2D eigenvalue weighted by molar-refractivity contribution is 14.1. The molecule has 0 radical (unpaired) electrons. The van der Waals surface area contributed by atoms with Gasteiger partial charge in [0.2, 0.25) is 11.8 Å². The molecule has 26 heavy (non-hydrogen) atoms. The van der Waals surface area contributed by atoms with Crippen molar-refractivity contribution in [1.82, 2.24) is 5.32 Å². The summed E-state index contributed by atoms with van der Waals surface area (Å²) in [5.41, 5.74) is 4.12. The number of primary amides is 1. The zero-order valence-electron chi connectivity index (χ0n) is 16.6. The van der Waals surface area contributed by atoms with Gasteiger partial charge in [-0.25, -0.2) is 0 Å². The number of carbonyl (C=O) groups is 2. The molecule has 1 saturated heterocycles. The number of halogens is 1. The van der Waals surface area contributed by atoms with Crippen molar-refractivity contribution in [3.63, 3.8) is 0 Å². The van der Waals surface area contributed by atoms with Crippen molar-refractivity contribution in [3.05, 3.63) is 0 Å². The first-order chi connectivity index (χ1) is 11.9. The third-order valence-corrected chi connectivity index (χ3v) is 7.40. The molecule has 8 heteroatoms. The van der Waals surface area contributed by atoms with Crippen LogP contribution in [0.15, 0.2) is 0 Å². The average Bonchev–Trinajstić information content (AvgIpc) is 2.71. The number of nitrogens with one attached hydrogen (secondary N) is 1. The maximum atomic E-state index is 12.2. The Hall–Kier alpha value is -0.345. The normalized spacial score (nSPS) is 33.1. The summed E-state index contributed by atoms with van der Waals surface area (Å²) in [6, 6.07) is 0. The lowest BCUT2D eigenvalue weighted by molar-refractivity contribution is -0.133. The first kappa shape index (κ1) is 21.9. The molecule has 0 aromatic heterocycles. The number of hydrogen-bond acceptors (Lipinski definition) is 4. The standard InChI is InChI=1S/C18H32BIN2O4/c1-12(23)22-18(15(21)24)9-13(8-14(10-18)11-20)6-7-19-25-16(2,3)17(4,5)26-19/h13-14H,6-11H2,1-5H3,(H2,21,24)(H,22,23)/t13-,14-,18?/m1/s1. The maximum Gasteiger partial charge on any atom is 0.457 e. The monoisotopic (exact) mass is 478 g/mol. The highest BCUT2D eigenvalue weighted by Gasteiger charge is 2.51. The molecule has 0 spiro atoms. The molecular formula is C18H32BIN2O4. The average molecular weight is 478 g/mol. The molecule has 2 fully saturated rings. The zero-order chi connectivity index (χ0) is 19.8. The van der Waals surface area contributed by atoms with Gasteiger partial charge in [0.25, 0.3) is 0 Å². The Kier molecular flexibility index (Phi) is 6.71. The molecule has 0 aromatic carbocycles. The molecule has 1 aliphatic carbocycles. The van der Waals surface area contributed by atoms with E-state index in [0.717, 1.165) is 23.6 Å². The van der Waals surface area contributed by atoms with E-state index in [1.54, 1.807) is 0 Å². The number of rotatable bonds is 6. The van der Waals surface area contributed by atoms with Crippen LogP contribution in [0.4, 0.5) is 0 Å². The minimum Gasteiger partial charge on any atom is -0.403 e. The molecule has 3 N–H and O–H groups in total. The van der Waals surface area contributed by atoms with Gasteiger partial charge in [-0.15, -0.1) is 0 Å². The van der Waals surface area contributed by atoms with Crippen LogP contribution in [-0.2, 0) is 18.9 Å². The van der Waals surface area contributed by atoms with Crippen LogP contribution in [0.25, 0.3) is 0 Å². The van der Waals surface area contributed by atoms with Crippen LogP contribution in [0, 0.1) is 11.8 Å². The topological polar surface area (TPSA) is 90.7 Å². The summed E-state index contributed by atoms with van der Waals surface area (Å²) in [4.78, 5) is 23.9. The fourth-order valence-electron chi connectivity index (χ4n) is 4.20. The first-order valence-corrected chi connectivity index (χ1v) is 10.9. The number of nitrogens with two attached hydrogens (primary N) is 1. The summed E-state index contributed by atoms with van der Waals surface area (Å²) in [7, 11) is -0.233. The second-order valence-electron chi connectivity index (χ2n) is 8.92. The van der Waals surface area contributed by atoms with Crippen LogP contribution < -0.4 is 11.1 Å². The van der Waals surface area contributed by atoms with E-state index in [-0.39, 0.29) is 24.2 Å². The van der Waals surface area contributed by atoms with E-state index >= 15 is 0 Å². The van der Waals surface area contributed by atoms with Gasteiger partial charge in [0.1, 0.15) is 5.54 Å². The van der Waals surface area contributed by atoms with Crippen LogP contribution in [0.2, 0.25) is 6.32 Å². The summed E-state index contributed by atoms with van der Waals surface area (Å²) in [5, 5.41) is 2.86. The lowest BCUT2D eigenvalue weighted by Crippen LogP contribution is -2.60. The fourth-order valence-corrected chi connectivity index (χ4v) is 4.87. The highest BCUT2D eigenvalue weighted by Crippen LogP contribution is 2.42. The molecule has 1 unspecified atom stereocenters. The molecule has 0 aromatic rings. The fraction of sp³-hybridized carbons (Fsp3) is 0.889. The molecule has 1 saturated carbocycles. The van der Waals surface area contributed by atoms with Crippen LogP contribution >= 0.6 is 22.6 Å². The molecule has 2 aliphatic rings. The van der Waals surface area contributed by atoms with Gasteiger partial charge in [-0.2, -0.15) is 0 Å². The third-order valence-electron chi connectivity index (χ3n) is 6.16. The minimum absolute atomic E-state index is 0.206. The minimum atomic E-state index is -0.930. The van der Waals surface area contributed by atoms with E-state index in [1.807, 2.05) is 0 Å². The molecule has 0 bridgehead atoms. The van der Waals surface area contributed by atoms with Crippen LogP contribution in [0.5, 0.6) is 0 Å². The zero-order valence-corrected chi connectivity index (χ0v) is 18.7. The van der Waals surface area contributed by atoms with Crippen molar-refractivity contribution in [2.75, 3.05) is 4.43 Å². The van der Waals surface area contributed by atoms with Gasteiger partial charge in [-0.1, -0.05) is 29.0 Å². The Morgan fingerprint density at radius 2 is 1.69 bits per heavy atom. The molecule has 1 aliphatic heterocycles. The Labute approximate surface area is 171 Å². The largest absolute Gasteiger partial charge is 0.457 e. The van der Waals surface area contributed by atoms with E-state index in [4.69, 9.17) is 15.0 Å². The summed E-state index contributed by atoms with van der Waals surface area (Å²) in [5.74, 6) is 0.0411. The second kappa shape index (κ2) is 7.95. The van der Waals surface area contributed by atoms with Gasteiger partial charge < -0.3 is 20.4 Å². The quantitative estimate of drug-likeness (QED) is 0.349. The van der Waals surface area contributed by atoms with Gasteiger partial charge >= 0.3 is 7.12 Å². The lowest BCUT2D eigenvalue weighted by Gasteiger charge is -2.42. The van der Waals surface area contributed by atoms with Gasteiger partial charge in [-0.05, 0) is 65.1 Å². The van der Waals surface area contributed by atoms with Crippen LogP contribution in [0.3, 0.4) is 0 Å². The van der Waals surface area contributed by atoms with Crippen molar-refractivity contribution < 1.29 is 18.9 Å². The Bertz CT molecular complexity index is 541. The van der Waals surface area contributed by atoms with Gasteiger partial charge in [0, 0.05) is 11.4 Å². The molecule has 1 heterocycles.